The Labute approximate surface area is 76.2 Å². The lowest BCUT2D eigenvalue weighted by Crippen LogP contribution is -2.22. The second-order valence-electron chi connectivity index (χ2n) is 5.28. The lowest BCUT2D eigenvalue weighted by molar-refractivity contribution is 0.0425. The normalized spacial score (nSPS) is 31.2. The Morgan fingerprint density at radius 3 is 2.33 bits per heavy atom. The molecule has 1 aliphatic carbocycles. The number of hydrogen-bond donors (Lipinski definition) is 1. The van der Waals surface area contributed by atoms with Crippen molar-refractivity contribution in [3.8, 4) is 0 Å². The predicted molar refractivity (Wildman–Crippen MR) is 52.0 cm³/mol. The van der Waals surface area contributed by atoms with E-state index in [4.69, 9.17) is 0 Å². The molecule has 0 aromatic rings. The quantitative estimate of drug-likeness (QED) is 0.687. The summed E-state index contributed by atoms with van der Waals surface area (Å²) in [5.41, 5.74) is 0.155. The van der Waals surface area contributed by atoms with Gasteiger partial charge in [0.1, 0.15) is 0 Å². The lowest BCUT2D eigenvalue weighted by Gasteiger charge is -2.21. The summed E-state index contributed by atoms with van der Waals surface area (Å²) >= 11 is 0. The van der Waals surface area contributed by atoms with E-state index in [1.54, 1.807) is 0 Å². The summed E-state index contributed by atoms with van der Waals surface area (Å²) in [5, 5.41) is 9.77. The van der Waals surface area contributed by atoms with Crippen molar-refractivity contribution < 1.29 is 5.11 Å². The van der Waals surface area contributed by atoms with Crippen LogP contribution in [0.1, 0.15) is 53.4 Å². The van der Waals surface area contributed by atoms with Crippen molar-refractivity contribution in [1.82, 2.24) is 0 Å². The maximum atomic E-state index is 9.77. The maximum absolute atomic E-state index is 9.77. The van der Waals surface area contributed by atoms with Crippen molar-refractivity contribution in [3.05, 3.63) is 0 Å². The SMILES string of the molecule is CCC(C)(O)CCC1CC1(C)C. The van der Waals surface area contributed by atoms with Gasteiger partial charge >= 0.3 is 0 Å². The fourth-order valence-corrected chi connectivity index (χ4v) is 1.73. The smallest absolute Gasteiger partial charge is 0.0617 e. The highest BCUT2D eigenvalue weighted by Crippen LogP contribution is 2.54. The summed E-state index contributed by atoms with van der Waals surface area (Å²) in [6.45, 7) is 8.64. The van der Waals surface area contributed by atoms with Gasteiger partial charge in [-0.05, 0) is 43.9 Å². The van der Waals surface area contributed by atoms with Crippen molar-refractivity contribution in [2.45, 2.75) is 59.0 Å². The van der Waals surface area contributed by atoms with Crippen LogP contribution in [0.15, 0.2) is 0 Å². The lowest BCUT2D eigenvalue weighted by atomic mass is 9.94. The monoisotopic (exact) mass is 170 g/mol. The van der Waals surface area contributed by atoms with Gasteiger partial charge in [-0.25, -0.2) is 0 Å². The molecule has 1 aliphatic rings. The molecule has 0 saturated heterocycles. The van der Waals surface area contributed by atoms with Crippen molar-refractivity contribution in [3.63, 3.8) is 0 Å². The number of aliphatic hydroxyl groups is 1. The van der Waals surface area contributed by atoms with Crippen LogP contribution in [0.25, 0.3) is 0 Å². The maximum Gasteiger partial charge on any atom is 0.0617 e. The van der Waals surface area contributed by atoms with Gasteiger partial charge in [-0.3, -0.25) is 0 Å². The third-order valence-electron chi connectivity index (χ3n) is 3.51. The van der Waals surface area contributed by atoms with Crippen LogP contribution in [-0.2, 0) is 0 Å². The Kier molecular flexibility index (Phi) is 2.53. The van der Waals surface area contributed by atoms with Gasteiger partial charge in [0.15, 0.2) is 0 Å². The molecule has 0 aliphatic heterocycles. The first-order valence-corrected chi connectivity index (χ1v) is 5.10. The standard InChI is InChI=1S/C11H22O/c1-5-11(4,12)7-6-9-8-10(9,2)3/h9,12H,5-8H2,1-4H3. The topological polar surface area (TPSA) is 20.2 Å². The molecule has 1 nitrogen and oxygen atoms in total. The van der Waals surface area contributed by atoms with E-state index in [2.05, 4.69) is 20.8 Å². The van der Waals surface area contributed by atoms with E-state index in [1.165, 1.54) is 12.8 Å². The van der Waals surface area contributed by atoms with Crippen LogP contribution < -0.4 is 0 Å². The zero-order chi connectivity index (χ0) is 9.41. The fraction of sp³-hybridized carbons (Fsp3) is 1.00. The minimum absolute atomic E-state index is 0.418. The van der Waals surface area contributed by atoms with Gasteiger partial charge in [0.25, 0.3) is 0 Å². The Hall–Kier alpha value is -0.0400. The average Bonchev–Trinajstić information content (AvgIpc) is 2.56. The van der Waals surface area contributed by atoms with Crippen molar-refractivity contribution in [2.75, 3.05) is 0 Å². The van der Waals surface area contributed by atoms with E-state index in [0.29, 0.717) is 5.41 Å². The van der Waals surface area contributed by atoms with Crippen molar-refractivity contribution >= 4 is 0 Å². The zero-order valence-corrected chi connectivity index (χ0v) is 8.85. The van der Waals surface area contributed by atoms with E-state index < -0.39 is 5.60 Å². The van der Waals surface area contributed by atoms with Gasteiger partial charge in [0, 0.05) is 0 Å². The van der Waals surface area contributed by atoms with E-state index in [0.717, 1.165) is 18.8 Å². The Balaban J connectivity index is 2.19. The molecule has 1 fully saturated rings. The summed E-state index contributed by atoms with van der Waals surface area (Å²) in [4.78, 5) is 0. The highest BCUT2D eigenvalue weighted by molar-refractivity contribution is 4.95. The average molecular weight is 170 g/mol. The van der Waals surface area contributed by atoms with Crippen LogP contribution in [0, 0.1) is 11.3 Å². The molecular weight excluding hydrogens is 148 g/mol. The molecule has 0 aromatic carbocycles. The molecule has 1 saturated carbocycles. The predicted octanol–water partition coefficient (Wildman–Crippen LogP) is 2.97. The second kappa shape index (κ2) is 3.02. The van der Waals surface area contributed by atoms with E-state index in [9.17, 15) is 5.11 Å². The van der Waals surface area contributed by atoms with E-state index in [-0.39, 0.29) is 0 Å². The second-order valence-corrected chi connectivity index (χ2v) is 5.28. The van der Waals surface area contributed by atoms with Crippen LogP contribution in [-0.4, -0.2) is 10.7 Å². The molecule has 2 atom stereocenters. The van der Waals surface area contributed by atoms with Crippen molar-refractivity contribution in [1.29, 1.82) is 0 Å². The highest BCUT2D eigenvalue weighted by Gasteiger charge is 2.45. The molecule has 12 heavy (non-hydrogen) atoms. The summed E-state index contributed by atoms with van der Waals surface area (Å²) in [6.07, 6.45) is 4.40. The molecule has 1 heteroatoms. The fourth-order valence-electron chi connectivity index (χ4n) is 1.73. The van der Waals surface area contributed by atoms with Gasteiger partial charge in [-0.2, -0.15) is 0 Å². The van der Waals surface area contributed by atoms with Crippen molar-refractivity contribution in [2.24, 2.45) is 11.3 Å². The molecule has 72 valence electrons. The largest absolute Gasteiger partial charge is 0.390 e. The molecule has 0 spiro atoms. The molecule has 0 amide bonds. The highest BCUT2D eigenvalue weighted by atomic mass is 16.3. The van der Waals surface area contributed by atoms with Gasteiger partial charge in [0.05, 0.1) is 5.60 Å². The molecule has 2 unspecified atom stereocenters. The summed E-state index contributed by atoms with van der Waals surface area (Å²) < 4.78 is 0. The van der Waals surface area contributed by atoms with Crippen LogP contribution in [0.4, 0.5) is 0 Å². The summed E-state index contributed by atoms with van der Waals surface area (Å²) in [7, 11) is 0. The van der Waals surface area contributed by atoms with Gasteiger partial charge < -0.3 is 5.11 Å². The first-order valence-electron chi connectivity index (χ1n) is 5.10. The number of rotatable bonds is 4. The third kappa shape index (κ3) is 2.48. The first kappa shape index (κ1) is 10.0. The van der Waals surface area contributed by atoms with Gasteiger partial charge in [-0.15, -0.1) is 0 Å². The first-order chi connectivity index (χ1) is 5.37. The summed E-state index contributed by atoms with van der Waals surface area (Å²) in [6, 6.07) is 0. The molecule has 0 aromatic heterocycles. The molecule has 1 N–H and O–H groups in total. The molecule has 0 radical (unpaired) electrons. The Morgan fingerprint density at radius 2 is 2.00 bits per heavy atom. The van der Waals surface area contributed by atoms with Crippen LogP contribution in [0.3, 0.4) is 0 Å². The summed E-state index contributed by atoms with van der Waals surface area (Å²) in [5.74, 6) is 0.871. The Morgan fingerprint density at radius 1 is 1.50 bits per heavy atom. The molecule has 0 heterocycles. The van der Waals surface area contributed by atoms with Crippen LogP contribution in [0.5, 0.6) is 0 Å². The molecular formula is C11H22O. The van der Waals surface area contributed by atoms with Gasteiger partial charge in [0.2, 0.25) is 0 Å². The van der Waals surface area contributed by atoms with Crippen LogP contribution in [0.2, 0.25) is 0 Å². The van der Waals surface area contributed by atoms with E-state index >= 15 is 0 Å². The van der Waals surface area contributed by atoms with Gasteiger partial charge in [-0.1, -0.05) is 20.8 Å². The third-order valence-corrected chi connectivity index (χ3v) is 3.51. The van der Waals surface area contributed by atoms with E-state index in [1.807, 2.05) is 6.92 Å². The molecule has 0 bridgehead atoms. The Bertz CT molecular complexity index is 158. The minimum Gasteiger partial charge on any atom is -0.390 e. The molecule has 1 rings (SSSR count). The minimum atomic E-state index is -0.418. The number of hydrogen-bond acceptors (Lipinski definition) is 1. The zero-order valence-electron chi connectivity index (χ0n) is 8.85. The van der Waals surface area contributed by atoms with Crippen LogP contribution >= 0.6 is 0 Å².